The van der Waals surface area contributed by atoms with Gasteiger partial charge in [0, 0.05) is 5.25 Å². The molecule has 3 N–H and O–H groups in total. The molecule has 4 nitrogen and oxygen atoms in total. The van der Waals surface area contributed by atoms with E-state index in [9.17, 15) is 9.90 Å². The minimum atomic E-state index is -0.532. The summed E-state index contributed by atoms with van der Waals surface area (Å²) < 4.78 is 4.57. The first-order valence-corrected chi connectivity index (χ1v) is 7.33. The lowest BCUT2D eigenvalue weighted by Gasteiger charge is -2.20. The molecule has 1 fully saturated rings. The fourth-order valence-corrected chi connectivity index (χ4v) is 3.45. The van der Waals surface area contributed by atoms with Gasteiger partial charge < -0.3 is 15.6 Å². The second-order valence-corrected chi connectivity index (χ2v) is 5.88. The zero-order valence-corrected chi connectivity index (χ0v) is 11.2. The second kappa shape index (κ2) is 7.95. The normalized spacial score (nSPS) is 27.2. The molecule has 0 spiro atoms. The molecule has 0 saturated heterocycles. The van der Waals surface area contributed by atoms with E-state index in [1.807, 2.05) is 0 Å². The fraction of sp³-hybridized carbons (Fsp3) is 0.917. The third-order valence-electron chi connectivity index (χ3n) is 3.18. The zero-order chi connectivity index (χ0) is 12.7. The molecule has 3 atom stereocenters. The highest BCUT2D eigenvalue weighted by molar-refractivity contribution is 7.99. The maximum absolute atomic E-state index is 11.1. The number of aliphatic hydroxyl groups is 1. The number of thioether (sulfide) groups is 1. The molecule has 17 heavy (non-hydrogen) atoms. The number of nitrogens with two attached hydrogens (primary N) is 1. The third kappa shape index (κ3) is 5.27. The van der Waals surface area contributed by atoms with Crippen molar-refractivity contribution in [2.75, 3.05) is 12.9 Å². The van der Waals surface area contributed by atoms with Crippen LogP contribution in [0.4, 0.5) is 0 Å². The summed E-state index contributed by atoms with van der Waals surface area (Å²) in [6, 6.07) is -0.532. The predicted molar refractivity (Wildman–Crippen MR) is 69.9 cm³/mol. The Morgan fingerprint density at radius 1 is 1.47 bits per heavy atom. The largest absolute Gasteiger partial charge is 0.468 e. The zero-order valence-electron chi connectivity index (χ0n) is 10.4. The van der Waals surface area contributed by atoms with E-state index >= 15 is 0 Å². The summed E-state index contributed by atoms with van der Waals surface area (Å²) in [5.74, 6) is 0.449. The van der Waals surface area contributed by atoms with Crippen LogP contribution in [0.5, 0.6) is 0 Å². The smallest absolute Gasteiger partial charge is 0.322 e. The van der Waals surface area contributed by atoms with Crippen LogP contribution >= 0.6 is 11.8 Å². The molecule has 0 aromatic rings. The number of carbonyl (C=O) groups excluding carboxylic acids is 1. The van der Waals surface area contributed by atoms with Crippen molar-refractivity contribution >= 4 is 17.7 Å². The summed E-state index contributed by atoms with van der Waals surface area (Å²) in [6.45, 7) is 0. The Morgan fingerprint density at radius 2 is 2.18 bits per heavy atom. The van der Waals surface area contributed by atoms with Crippen LogP contribution in [-0.2, 0) is 9.53 Å². The number of ether oxygens (including phenoxy) is 1. The lowest BCUT2D eigenvalue weighted by atomic mass is 10.1. The molecular weight excluding hydrogens is 238 g/mol. The predicted octanol–water partition coefficient (Wildman–Crippen LogP) is 1.30. The molecular formula is C12H23NO3S. The summed E-state index contributed by atoms with van der Waals surface area (Å²) in [4.78, 5) is 11.1. The summed E-state index contributed by atoms with van der Waals surface area (Å²) >= 11 is 1.74. The van der Waals surface area contributed by atoms with E-state index in [0.717, 1.165) is 25.0 Å². The van der Waals surface area contributed by atoms with Gasteiger partial charge in [0.15, 0.2) is 0 Å². The monoisotopic (exact) mass is 261 g/mol. The van der Waals surface area contributed by atoms with Gasteiger partial charge in [-0.2, -0.15) is 11.8 Å². The van der Waals surface area contributed by atoms with Gasteiger partial charge in [0.25, 0.3) is 0 Å². The number of rotatable bonds is 5. The Labute approximate surface area is 107 Å². The van der Waals surface area contributed by atoms with E-state index in [2.05, 4.69) is 4.74 Å². The summed E-state index contributed by atoms with van der Waals surface area (Å²) in [7, 11) is 1.35. The molecule has 0 radical (unpaired) electrons. The minimum absolute atomic E-state index is 0.197. The van der Waals surface area contributed by atoms with Crippen LogP contribution in [0, 0.1) is 0 Å². The molecule has 0 aromatic heterocycles. The van der Waals surface area contributed by atoms with E-state index < -0.39 is 6.04 Å². The van der Waals surface area contributed by atoms with Gasteiger partial charge >= 0.3 is 5.97 Å². The maximum Gasteiger partial charge on any atom is 0.322 e. The van der Waals surface area contributed by atoms with Crippen molar-refractivity contribution in [1.82, 2.24) is 0 Å². The van der Waals surface area contributed by atoms with Crippen LogP contribution < -0.4 is 5.73 Å². The standard InChI is InChI=1S/C12H23NO3S/c1-16-12(15)9(13)7-8-17-11-6-4-2-3-5-10(11)14/h9-11,14H,2-8,13H2,1H3. The highest BCUT2D eigenvalue weighted by Crippen LogP contribution is 2.28. The van der Waals surface area contributed by atoms with Crippen LogP contribution in [0.1, 0.15) is 38.5 Å². The molecule has 5 heteroatoms. The van der Waals surface area contributed by atoms with Crippen LogP contribution in [0.15, 0.2) is 0 Å². The van der Waals surface area contributed by atoms with Crippen LogP contribution in [0.25, 0.3) is 0 Å². The number of hydrogen-bond acceptors (Lipinski definition) is 5. The number of aliphatic hydroxyl groups excluding tert-OH is 1. The quantitative estimate of drug-likeness (QED) is 0.576. The molecule has 1 saturated carbocycles. The van der Waals surface area contributed by atoms with E-state index in [-0.39, 0.29) is 12.1 Å². The van der Waals surface area contributed by atoms with Crippen molar-refractivity contribution < 1.29 is 14.6 Å². The van der Waals surface area contributed by atoms with Crippen LogP contribution in [-0.4, -0.2) is 41.3 Å². The maximum atomic E-state index is 11.1. The van der Waals surface area contributed by atoms with E-state index in [0.29, 0.717) is 11.7 Å². The summed E-state index contributed by atoms with van der Waals surface area (Å²) in [6.07, 6.45) is 5.92. The van der Waals surface area contributed by atoms with Crippen molar-refractivity contribution in [3.63, 3.8) is 0 Å². The molecule has 100 valence electrons. The number of hydrogen-bond donors (Lipinski definition) is 2. The van der Waals surface area contributed by atoms with Crippen molar-refractivity contribution in [3.8, 4) is 0 Å². The highest BCUT2D eigenvalue weighted by Gasteiger charge is 2.22. The van der Waals surface area contributed by atoms with Crippen molar-refractivity contribution in [1.29, 1.82) is 0 Å². The first-order valence-electron chi connectivity index (χ1n) is 6.28. The molecule has 1 aliphatic carbocycles. The molecule has 0 aromatic carbocycles. The SMILES string of the molecule is COC(=O)C(N)CCSC1CCCCCC1O. The van der Waals surface area contributed by atoms with Gasteiger partial charge in [-0.1, -0.05) is 19.3 Å². The number of esters is 1. The second-order valence-electron chi connectivity index (χ2n) is 4.53. The van der Waals surface area contributed by atoms with Gasteiger partial charge in [-0.3, -0.25) is 4.79 Å². The minimum Gasteiger partial charge on any atom is -0.468 e. The molecule has 1 rings (SSSR count). The Balaban J connectivity index is 2.22. The van der Waals surface area contributed by atoms with Gasteiger partial charge in [-0.25, -0.2) is 0 Å². The lowest BCUT2D eigenvalue weighted by Crippen LogP contribution is -2.32. The van der Waals surface area contributed by atoms with Gasteiger partial charge in [-0.15, -0.1) is 0 Å². The van der Waals surface area contributed by atoms with Gasteiger partial charge in [0.05, 0.1) is 13.2 Å². The van der Waals surface area contributed by atoms with E-state index in [1.165, 1.54) is 20.0 Å². The average molecular weight is 261 g/mol. The molecule has 3 unspecified atom stereocenters. The van der Waals surface area contributed by atoms with Gasteiger partial charge in [-0.05, 0) is 25.0 Å². The van der Waals surface area contributed by atoms with Gasteiger partial charge in [0.2, 0.25) is 0 Å². The first-order chi connectivity index (χ1) is 8.15. The third-order valence-corrected chi connectivity index (χ3v) is 4.63. The van der Waals surface area contributed by atoms with E-state index in [4.69, 9.17) is 5.73 Å². The first kappa shape index (κ1) is 14.8. The van der Waals surface area contributed by atoms with Crippen molar-refractivity contribution in [2.45, 2.75) is 55.9 Å². The summed E-state index contributed by atoms with van der Waals surface area (Å²) in [5.41, 5.74) is 5.66. The Morgan fingerprint density at radius 3 is 2.88 bits per heavy atom. The average Bonchev–Trinajstić information content (AvgIpc) is 2.53. The lowest BCUT2D eigenvalue weighted by molar-refractivity contribution is -0.142. The van der Waals surface area contributed by atoms with Gasteiger partial charge in [0.1, 0.15) is 6.04 Å². The molecule has 0 aliphatic heterocycles. The molecule has 0 bridgehead atoms. The topological polar surface area (TPSA) is 72.5 Å². The number of carbonyl (C=O) groups is 1. The highest BCUT2D eigenvalue weighted by atomic mass is 32.2. The molecule has 0 amide bonds. The van der Waals surface area contributed by atoms with Crippen LogP contribution in [0.2, 0.25) is 0 Å². The Bertz CT molecular complexity index is 238. The van der Waals surface area contributed by atoms with Crippen molar-refractivity contribution in [3.05, 3.63) is 0 Å². The Hall–Kier alpha value is -0.260. The molecule has 1 aliphatic rings. The number of methoxy groups -OCH3 is 1. The molecule has 0 heterocycles. The van der Waals surface area contributed by atoms with E-state index in [1.54, 1.807) is 11.8 Å². The van der Waals surface area contributed by atoms with Crippen molar-refractivity contribution in [2.24, 2.45) is 5.73 Å². The Kier molecular flexibility index (Phi) is 6.92. The summed E-state index contributed by atoms with van der Waals surface area (Å²) in [5, 5.41) is 10.2. The van der Waals surface area contributed by atoms with Crippen LogP contribution in [0.3, 0.4) is 0 Å². The fourth-order valence-electron chi connectivity index (χ4n) is 2.06.